The minimum Gasteiger partial charge on any atom is -0.356 e. The van der Waals surface area contributed by atoms with E-state index in [2.05, 4.69) is 20.6 Å². The number of rotatable bonds is 7. The summed E-state index contributed by atoms with van der Waals surface area (Å²) in [5.74, 6) is 1.60. The normalized spacial score (nSPS) is 15.2. The third kappa shape index (κ3) is 7.69. The van der Waals surface area contributed by atoms with E-state index in [1.165, 1.54) is 19.3 Å². The Morgan fingerprint density at radius 1 is 1.35 bits per heavy atom. The topological polar surface area (TPSA) is 49.3 Å². The molecule has 0 radical (unpaired) electrons. The molecule has 0 amide bonds. The van der Waals surface area contributed by atoms with Crippen LogP contribution in [-0.2, 0) is 12.6 Å². The molecule has 1 aromatic heterocycles. The highest BCUT2D eigenvalue weighted by Crippen LogP contribution is 2.33. The second kappa shape index (κ2) is 9.65. The summed E-state index contributed by atoms with van der Waals surface area (Å²) in [6.07, 6.45) is 1.18. The van der Waals surface area contributed by atoms with E-state index in [4.69, 9.17) is 0 Å². The standard InChI is InChI=1S/C14H21F3N4S.HI/c1-18-13(19-7-2-3-10-4-5-10)20-8-6-12-21-11(9-22-12)14(15,16)17;/h9-10H,2-8H2,1H3,(H2,18,19,20);1H. The van der Waals surface area contributed by atoms with E-state index in [1.54, 1.807) is 7.05 Å². The SMILES string of the molecule is CN=C(NCCCC1CC1)NCCc1nc(C(F)(F)F)cs1.I. The van der Waals surface area contributed by atoms with Crippen LogP contribution >= 0.6 is 35.3 Å². The highest BCUT2D eigenvalue weighted by atomic mass is 127. The lowest BCUT2D eigenvalue weighted by molar-refractivity contribution is -0.140. The molecular weight excluding hydrogens is 440 g/mol. The summed E-state index contributed by atoms with van der Waals surface area (Å²) in [6, 6.07) is 0. The van der Waals surface area contributed by atoms with E-state index in [0.29, 0.717) is 23.9 Å². The van der Waals surface area contributed by atoms with Gasteiger partial charge >= 0.3 is 6.18 Å². The molecule has 1 saturated carbocycles. The van der Waals surface area contributed by atoms with Crippen LogP contribution in [0.5, 0.6) is 0 Å². The summed E-state index contributed by atoms with van der Waals surface area (Å²) in [7, 11) is 1.68. The molecule has 0 aliphatic heterocycles. The third-order valence-electron chi connectivity index (χ3n) is 3.48. The molecule has 132 valence electrons. The third-order valence-corrected chi connectivity index (χ3v) is 4.38. The van der Waals surface area contributed by atoms with Crippen molar-refractivity contribution >= 4 is 41.3 Å². The van der Waals surface area contributed by atoms with Gasteiger partial charge in [-0.15, -0.1) is 35.3 Å². The zero-order chi connectivity index (χ0) is 16.0. The predicted octanol–water partition coefficient (Wildman–Crippen LogP) is 3.68. The van der Waals surface area contributed by atoms with Gasteiger partial charge in [-0.2, -0.15) is 13.2 Å². The molecule has 1 heterocycles. The number of nitrogens with zero attached hydrogens (tertiary/aromatic N) is 2. The van der Waals surface area contributed by atoms with Crippen molar-refractivity contribution in [2.75, 3.05) is 20.1 Å². The zero-order valence-electron chi connectivity index (χ0n) is 12.9. The Kier molecular flexibility index (Phi) is 8.59. The smallest absolute Gasteiger partial charge is 0.356 e. The van der Waals surface area contributed by atoms with E-state index >= 15 is 0 Å². The lowest BCUT2D eigenvalue weighted by Gasteiger charge is -2.11. The van der Waals surface area contributed by atoms with Crippen molar-refractivity contribution in [3.05, 3.63) is 16.1 Å². The molecule has 4 nitrogen and oxygen atoms in total. The number of alkyl halides is 3. The number of thiazole rings is 1. The molecule has 0 atom stereocenters. The first-order valence-electron chi connectivity index (χ1n) is 7.45. The van der Waals surface area contributed by atoms with E-state index in [1.807, 2.05) is 0 Å². The summed E-state index contributed by atoms with van der Waals surface area (Å²) in [6.45, 7) is 1.37. The summed E-state index contributed by atoms with van der Waals surface area (Å²) < 4.78 is 37.3. The van der Waals surface area contributed by atoms with Crippen LogP contribution < -0.4 is 10.6 Å². The van der Waals surface area contributed by atoms with Crippen LogP contribution in [-0.4, -0.2) is 31.1 Å². The van der Waals surface area contributed by atoms with Crippen molar-refractivity contribution in [3.63, 3.8) is 0 Å². The summed E-state index contributed by atoms with van der Waals surface area (Å²) >= 11 is 1.04. The van der Waals surface area contributed by atoms with Crippen molar-refractivity contribution < 1.29 is 13.2 Å². The predicted molar refractivity (Wildman–Crippen MR) is 97.6 cm³/mol. The van der Waals surface area contributed by atoms with E-state index in [9.17, 15) is 13.2 Å². The molecule has 0 unspecified atom stereocenters. The maximum Gasteiger partial charge on any atom is 0.434 e. The largest absolute Gasteiger partial charge is 0.434 e. The highest BCUT2D eigenvalue weighted by Gasteiger charge is 2.33. The number of guanidine groups is 1. The van der Waals surface area contributed by atoms with E-state index in [0.717, 1.165) is 35.6 Å². The first-order valence-corrected chi connectivity index (χ1v) is 8.33. The molecule has 23 heavy (non-hydrogen) atoms. The molecule has 0 aromatic carbocycles. The van der Waals surface area contributed by atoms with Crippen LogP contribution in [0.1, 0.15) is 36.4 Å². The Morgan fingerprint density at radius 2 is 2.04 bits per heavy atom. The average Bonchev–Trinajstić information content (AvgIpc) is 3.16. The van der Waals surface area contributed by atoms with Crippen LogP contribution in [0.2, 0.25) is 0 Å². The fraction of sp³-hybridized carbons (Fsp3) is 0.714. The highest BCUT2D eigenvalue weighted by molar-refractivity contribution is 14.0. The van der Waals surface area contributed by atoms with Gasteiger partial charge in [-0.25, -0.2) is 4.98 Å². The first-order chi connectivity index (χ1) is 10.5. The molecule has 2 N–H and O–H groups in total. The van der Waals surface area contributed by atoms with Gasteiger partial charge in [-0.1, -0.05) is 12.8 Å². The fourth-order valence-electron chi connectivity index (χ4n) is 2.07. The summed E-state index contributed by atoms with van der Waals surface area (Å²) in [4.78, 5) is 7.69. The van der Waals surface area contributed by atoms with Crippen molar-refractivity contribution in [3.8, 4) is 0 Å². The average molecular weight is 462 g/mol. The molecule has 1 aliphatic carbocycles. The Labute approximate surface area is 155 Å². The van der Waals surface area contributed by atoms with Gasteiger partial charge in [0, 0.05) is 31.9 Å². The maximum absolute atomic E-state index is 12.4. The molecule has 0 bridgehead atoms. The van der Waals surface area contributed by atoms with Gasteiger partial charge in [-0.05, 0) is 18.8 Å². The molecule has 1 aromatic rings. The Morgan fingerprint density at radius 3 is 2.61 bits per heavy atom. The van der Waals surface area contributed by atoms with Crippen LogP contribution in [0.3, 0.4) is 0 Å². The number of halogens is 4. The van der Waals surface area contributed by atoms with Gasteiger partial charge in [0.15, 0.2) is 11.7 Å². The van der Waals surface area contributed by atoms with Gasteiger partial charge in [0.2, 0.25) is 0 Å². The van der Waals surface area contributed by atoms with Gasteiger partial charge < -0.3 is 10.6 Å². The quantitative estimate of drug-likeness (QED) is 0.282. The van der Waals surface area contributed by atoms with E-state index in [-0.39, 0.29) is 24.0 Å². The first kappa shape index (κ1) is 20.5. The van der Waals surface area contributed by atoms with E-state index < -0.39 is 11.9 Å². The number of aromatic nitrogens is 1. The van der Waals surface area contributed by atoms with Crippen LogP contribution in [0.25, 0.3) is 0 Å². The number of hydrogen-bond acceptors (Lipinski definition) is 3. The van der Waals surface area contributed by atoms with Crippen molar-refractivity contribution in [2.24, 2.45) is 10.9 Å². The second-order valence-corrected chi connectivity index (χ2v) is 6.33. The Hall–Kier alpha value is -0.580. The number of aliphatic imine (C=N–C) groups is 1. The molecule has 1 fully saturated rings. The monoisotopic (exact) mass is 462 g/mol. The number of hydrogen-bond donors (Lipinski definition) is 2. The Balaban J connectivity index is 0.00000264. The van der Waals surface area contributed by atoms with Gasteiger partial charge in [0.25, 0.3) is 0 Å². The summed E-state index contributed by atoms with van der Waals surface area (Å²) in [5.41, 5.74) is -0.810. The molecule has 2 rings (SSSR count). The molecule has 0 spiro atoms. The molecule has 1 aliphatic rings. The molecule has 9 heteroatoms. The van der Waals surface area contributed by atoms with Gasteiger partial charge in [0.1, 0.15) is 0 Å². The van der Waals surface area contributed by atoms with Gasteiger partial charge in [0.05, 0.1) is 5.01 Å². The molecule has 0 saturated heterocycles. The minimum absolute atomic E-state index is 0. The maximum atomic E-state index is 12.4. The fourth-order valence-corrected chi connectivity index (χ4v) is 2.87. The summed E-state index contributed by atoms with van der Waals surface area (Å²) in [5, 5.41) is 7.84. The lowest BCUT2D eigenvalue weighted by atomic mass is 10.2. The van der Waals surface area contributed by atoms with Crippen molar-refractivity contribution in [1.82, 2.24) is 15.6 Å². The van der Waals surface area contributed by atoms with Crippen LogP contribution in [0, 0.1) is 5.92 Å². The van der Waals surface area contributed by atoms with Crippen LogP contribution in [0.4, 0.5) is 13.2 Å². The van der Waals surface area contributed by atoms with Crippen LogP contribution in [0.15, 0.2) is 10.4 Å². The molecular formula is C14H22F3IN4S. The zero-order valence-corrected chi connectivity index (χ0v) is 16.1. The van der Waals surface area contributed by atoms with Gasteiger partial charge in [-0.3, -0.25) is 4.99 Å². The van der Waals surface area contributed by atoms with Crippen molar-refractivity contribution in [2.45, 2.75) is 38.3 Å². The minimum atomic E-state index is -4.36. The lowest BCUT2D eigenvalue weighted by Crippen LogP contribution is -2.38. The number of nitrogens with one attached hydrogen (secondary N) is 2. The Bertz CT molecular complexity index is 500. The second-order valence-electron chi connectivity index (χ2n) is 5.39. The van der Waals surface area contributed by atoms with Crippen molar-refractivity contribution in [1.29, 1.82) is 0 Å².